The van der Waals surface area contributed by atoms with Crippen LogP contribution in [0.5, 0.6) is 0 Å². The van der Waals surface area contributed by atoms with Crippen LogP contribution in [-0.4, -0.2) is 38.0 Å². The van der Waals surface area contributed by atoms with Gasteiger partial charge in [0.15, 0.2) is 11.4 Å². The van der Waals surface area contributed by atoms with Crippen molar-refractivity contribution < 1.29 is 14.7 Å². The zero-order valence-corrected chi connectivity index (χ0v) is 11.8. The van der Waals surface area contributed by atoms with Gasteiger partial charge in [0.2, 0.25) is 0 Å². The molecule has 0 saturated heterocycles. The number of benzene rings is 1. The van der Waals surface area contributed by atoms with Crippen molar-refractivity contribution in [2.75, 3.05) is 0 Å². The topological polar surface area (TPSA) is 97.1 Å². The lowest BCUT2D eigenvalue weighted by molar-refractivity contribution is 0.0677. The van der Waals surface area contributed by atoms with Gasteiger partial charge in [-0.15, -0.1) is 5.10 Å². The van der Waals surface area contributed by atoms with Crippen molar-refractivity contribution in [3.8, 4) is 0 Å². The standard InChI is InChI=1S/C14H16N4O3/c1-9(2)15-13(19)11-12(14(20)21)18(17-16-11)8-10-6-4-3-5-7-10/h3-7,9H,8H2,1-2H3,(H,15,19)(H,20,21). The normalized spacial score (nSPS) is 10.6. The van der Waals surface area contributed by atoms with E-state index in [1.54, 1.807) is 13.8 Å². The summed E-state index contributed by atoms with van der Waals surface area (Å²) in [7, 11) is 0. The minimum Gasteiger partial charge on any atom is -0.476 e. The van der Waals surface area contributed by atoms with Crippen LogP contribution >= 0.6 is 0 Å². The predicted molar refractivity (Wildman–Crippen MR) is 75.1 cm³/mol. The average molecular weight is 288 g/mol. The molecule has 0 saturated carbocycles. The number of carbonyl (C=O) groups is 2. The first-order valence-corrected chi connectivity index (χ1v) is 6.50. The maximum atomic E-state index is 12.0. The molecular formula is C14H16N4O3. The zero-order chi connectivity index (χ0) is 15.4. The minimum absolute atomic E-state index is 0.113. The molecule has 110 valence electrons. The lowest BCUT2D eigenvalue weighted by Crippen LogP contribution is -2.31. The van der Waals surface area contributed by atoms with Crippen LogP contribution in [0.3, 0.4) is 0 Å². The van der Waals surface area contributed by atoms with Crippen molar-refractivity contribution in [3.05, 3.63) is 47.3 Å². The first-order chi connectivity index (χ1) is 9.99. The van der Waals surface area contributed by atoms with Crippen LogP contribution < -0.4 is 5.32 Å². The van der Waals surface area contributed by atoms with Gasteiger partial charge in [-0.25, -0.2) is 9.48 Å². The molecule has 0 unspecified atom stereocenters. The van der Waals surface area contributed by atoms with Crippen LogP contribution in [0, 0.1) is 0 Å². The average Bonchev–Trinajstić information content (AvgIpc) is 2.83. The molecule has 0 aliphatic rings. The summed E-state index contributed by atoms with van der Waals surface area (Å²) in [4.78, 5) is 23.4. The van der Waals surface area contributed by atoms with Crippen molar-refractivity contribution in [2.45, 2.75) is 26.4 Å². The molecule has 7 heteroatoms. The number of hydrogen-bond acceptors (Lipinski definition) is 4. The molecule has 0 aliphatic heterocycles. The lowest BCUT2D eigenvalue weighted by atomic mass is 10.2. The highest BCUT2D eigenvalue weighted by molar-refractivity contribution is 6.02. The van der Waals surface area contributed by atoms with Crippen LogP contribution in [0.25, 0.3) is 0 Å². The summed E-state index contributed by atoms with van der Waals surface area (Å²) in [5.41, 5.74) is 0.491. The van der Waals surface area contributed by atoms with Crippen molar-refractivity contribution in [2.24, 2.45) is 0 Å². The summed E-state index contributed by atoms with van der Waals surface area (Å²) in [6.45, 7) is 3.81. The number of nitrogens with one attached hydrogen (secondary N) is 1. The second kappa shape index (κ2) is 6.17. The van der Waals surface area contributed by atoms with E-state index >= 15 is 0 Å². The highest BCUT2D eigenvalue weighted by Gasteiger charge is 2.25. The van der Waals surface area contributed by atoms with Gasteiger partial charge < -0.3 is 10.4 Å². The Bertz CT molecular complexity index is 649. The number of carboxylic acids is 1. The smallest absolute Gasteiger partial charge is 0.356 e. The van der Waals surface area contributed by atoms with Gasteiger partial charge in [-0.3, -0.25) is 4.79 Å². The third-order valence-electron chi connectivity index (χ3n) is 2.75. The molecule has 0 radical (unpaired) electrons. The third kappa shape index (κ3) is 3.44. The fraction of sp³-hybridized carbons (Fsp3) is 0.286. The Morgan fingerprint density at radius 3 is 2.52 bits per heavy atom. The predicted octanol–water partition coefficient (Wildman–Crippen LogP) is 1.16. The van der Waals surface area contributed by atoms with Crippen LogP contribution in [0.15, 0.2) is 30.3 Å². The molecule has 1 amide bonds. The van der Waals surface area contributed by atoms with Crippen LogP contribution in [0.2, 0.25) is 0 Å². The molecular weight excluding hydrogens is 272 g/mol. The number of aromatic carboxylic acids is 1. The number of amides is 1. The zero-order valence-electron chi connectivity index (χ0n) is 11.8. The Morgan fingerprint density at radius 1 is 1.29 bits per heavy atom. The van der Waals surface area contributed by atoms with Crippen LogP contribution in [0.4, 0.5) is 0 Å². The van der Waals surface area contributed by atoms with Gasteiger partial charge >= 0.3 is 5.97 Å². The maximum absolute atomic E-state index is 12.0. The Morgan fingerprint density at radius 2 is 1.95 bits per heavy atom. The van der Waals surface area contributed by atoms with Gasteiger partial charge in [-0.1, -0.05) is 35.5 Å². The number of aromatic nitrogens is 3. The van der Waals surface area contributed by atoms with E-state index in [9.17, 15) is 14.7 Å². The minimum atomic E-state index is -1.23. The monoisotopic (exact) mass is 288 g/mol. The number of nitrogens with zero attached hydrogens (tertiary/aromatic N) is 3. The van der Waals surface area contributed by atoms with E-state index in [1.165, 1.54) is 4.68 Å². The maximum Gasteiger partial charge on any atom is 0.356 e. The van der Waals surface area contributed by atoms with E-state index in [2.05, 4.69) is 15.6 Å². The SMILES string of the molecule is CC(C)NC(=O)c1nnn(Cc2ccccc2)c1C(=O)O. The number of hydrogen-bond donors (Lipinski definition) is 2. The van der Waals surface area contributed by atoms with Gasteiger partial charge in [0, 0.05) is 6.04 Å². The number of carbonyl (C=O) groups excluding carboxylic acids is 1. The second-order valence-corrected chi connectivity index (χ2v) is 4.86. The first kappa shape index (κ1) is 14.7. The molecule has 1 aromatic heterocycles. The molecule has 0 bridgehead atoms. The van der Waals surface area contributed by atoms with Gasteiger partial charge in [0.25, 0.3) is 5.91 Å². The van der Waals surface area contributed by atoms with E-state index in [0.29, 0.717) is 0 Å². The van der Waals surface area contributed by atoms with Crippen LogP contribution in [0.1, 0.15) is 40.4 Å². The Kier molecular flexibility index (Phi) is 4.32. The molecule has 21 heavy (non-hydrogen) atoms. The number of carboxylic acid groups (broad SMARTS) is 1. The van der Waals surface area contributed by atoms with E-state index in [0.717, 1.165) is 5.56 Å². The van der Waals surface area contributed by atoms with Gasteiger partial charge in [-0.05, 0) is 19.4 Å². The highest BCUT2D eigenvalue weighted by atomic mass is 16.4. The van der Waals surface area contributed by atoms with Crippen molar-refractivity contribution in [1.82, 2.24) is 20.3 Å². The van der Waals surface area contributed by atoms with Gasteiger partial charge in [0.05, 0.1) is 6.54 Å². The molecule has 2 aromatic rings. The largest absolute Gasteiger partial charge is 0.476 e. The fourth-order valence-electron chi connectivity index (χ4n) is 1.88. The molecule has 0 atom stereocenters. The molecule has 0 fully saturated rings. The Labute approximate surface area is 121 Å². The quantitative estimate of drug-likeness (QED) is 0.860. The lowest BCUT2D eigenvalue weighted by Gasteiger charge is -2.07. The van der Waals surface area contributed by atoms with Crippen molar-refractivity contribution in [3.63, 3.8) is 0 Å². The molecule has 1 aromatic carbocycles. The summed E-state index contributed by atoms with van der Waals surface area (Å²) < 4.78 is 1.22. The van der Waals surface area contributed by atoms with Crippen molar-refractivity contribution >= 4 is 11.9 Å². The summed E-state index contributed by atoms with van der Waals surface area (Å²) in [5.74, 6) is -1.77. The summed E-state index contributed by atoms with van der Waals surface area (Å²) in [5, 5.41) is 19.4. The molecule has 2 rings (SSSR count). The molecule has 7 nitrogen and oxygen atoms in total. The van der Waals surface area contributed by atoms with Gasteiger partial charge in [0.1, 0.15) is 0 Å². The highest BCUT2D eigenvalue weighted by Crippen LogP contribution is 2.09. The Balaban J connectivity index is 2.33. The van der Waals surface area contributed by atoms with E-state index in [1.807, 2.05) is 30.3 Å². The number of rotatable bonds is 5. The molecule has 0 spiro atoms. The molecule has 0 aliphatic carbocycles. The van der Waals surface area contributed by atoms with E-state index in [-0.39, 0.29) is 24.0 Å². The van der Waals surface area contributed by atoms with Crippen molar-refractivity contribution in [1.29, 1.82) is 0 Å². The molecule has 1 heterocycles. The fourth-order valence-corrected chi connectivity index (χ4v) is 1.88. The summed E-state index contributed by atoms with van der Waals surface area (Å²) >= 11 is 0. The van der Waals surface area contributed by atoms with E-state index in [4.69, 9.17) is 0 Å². The summed E-state index contributed by atoms with van der Waals surface area (Å²) in [6.07, 6.45) is 0. The van der Waals surface area contributed by atoms with Crippen LogP contribution in [-0.2, 0) is 6.54 Å². The third-order valence-corrected chi connectivity index (χ3v) is 2.75. The van der Waals surface area contributed by atoms with Gasteiger partial charge in [-0.2, -0.15) is 0 Å². The second-order valence-electron chi connectivity index (χ2n) is 4.86. The van der Waals surface area contributed by atoms with E-state index < -0.39 is 11.9 Å². The summed E-state index contributed by atoms with van der Waals surface area (Å²) in [6, 6.07) is 9.14. The molecule has 2 N–H and O–H groups in total. The Hall–Kier alpha value is -2.70. The first-order valence-electron chi connectivity index (χ1n) is 6.50.